The van der Waals surface area contributed by atoms with Gasteiger partial charge in [-0.2, -0.15) is 5.26 Å². The van der Waals surface area contributed by atoms with Gasteiger partial charge in [-0.3, -0.25) is 0 Å². The SMILES string of the molecule is N#Cc1ccc(Cl)c(NCc2ccc(Br)cc2)c1. The largest absolute Gasteiger partial charge is 0.380 e. The third kappa shape index (κ3) is 3.25. The summed E-state index contributed by atoms with van der Waals surface area (Å²) in [5.74, 6) is 0. The quantitative estimate of drug-likeness (QED) is 0.897. The zero-order chi connectivity index (χ0) is 13.0. The van der Waals surface area contributed by atoms with Gasteiger partial charge in [-0.05, 0) is 35.9 Å². The van der Waals surface area contributed by atoms with Crippen molar-refractivity contribution in [3.63, 3.8) is 0 Å². The maximum absolute atomic E-state index is 8.84. The Labute approximate surface area is 119 Å². The number of hydrogen-bond acceptors (Lipinski definition) is 2. The molecule has 18 heavy (non-hydrogen) atoms. The molecule has 4 heteroatoms. The van der Waals surface area contributed by atoms with Gasteiger partial charge >= 0.3 is 0 Å². The monoisotopic (exact) mass is 320 g/mol. The van der Waals surface area contributed by atoms with Crippen LogP contribution < -0.4 is 5.32 Å². The van der Waals surface area contributed by atoms with Crippen molar-refractivity contribution in [2.24, 2.45) is 0 Å². The lowest BCUT2D eigenvalue weighted by molar-refractivity contribution is 1.15. The molecular formula is C14H10BrClN2. The molecule has 0 spiro atoms. The van der Waals surface area contributed by atoms with Crippen molar-refractivity contribution in [3.05, 3.63) is 63.1 Å². The Balaban J connectivity index is 2.10. The molecule has 2 nitrogen and oxygen atoms in total. The van der Waals surface area contributed by atoms with E-state index < -0.39 is 0 Å². The summed E-state index contributed by atoms with van der Waals surface area (Å²) in [7, 11) is 0. The van der Waals surface area contributed by atoms with Crippen LogP contribution in [0, 0.1) is 11.3 Å². The van der Waals surface area contributed by atoms with E-state index in [-0.39, 0.29) is 0 Å². The van der Waals surface area contributed by atoms with Crippen LogP contribution in [-0.2, 0) is 6.54 Å². The second-order valence-electron chi connectivity index (χ2n) is 3.79. The van der Waals surface area contributed by atoms with Crippen LogP contribution in [0.3, 0.4) is 0 Å². The molecule has 0 unspecified atom stereocenters. The van der Waals surface area contributed by atoms with Gasteiger partial charge in [-0.1, -0.05) is 39.7 Å². The summed E-state index contributed by atoms with van der Waals surface area (Å²) in [6.45, 7) is 0.669. The molecule has 0 heterocycles. The lowest BCUT2D eigenvalue weighted by Gasteiger charge is -2.08. The summed E-state index contributed by atoms with van der Waals surface area (Å²) in [5.41, 5.74) is 2.52. The lowest BCUT2D eigenvalue weighted by Crippen LogP contribution is -2.00. The van der Waals surface area contributed by atoms with Gasteiger partial charge < -0.3 is 5.32 Å². The summed E-state index contributed by atoms with van der Waals surface area (Å²) in [5, 5.41) is 12.7. The van der Waals surface area contributed by atoms with Crippen LogP contribution in [0.1, 0.15) is 11.1 Å². The van der Waals surface area contributed by atoms with E-state index in [4.69, 9.17) is 16.9 Å². The minimum absolute atomic E-state index is 0.595. The Kier molecular flexibility index (Phi) is 4.24. The van der Waals surface area contributed by atoms with Gasteiger partial charge in [0.1, 0.15) is 0 Å². The number of anilines is 1. The van der Waals surface area contributed by atoms with E-state index in [1.807, 2.05) is 24.3 Å². The van der Waals surface area contributed by atoms with E-state index in [0.717, 1.165) is 15.7 Å². The molecule has 0 aliphatic carbocycles. The molecule has 0 amide bonds. The molecular weight excluding hydrogens is 312 g/mol. The fourth-order valence-corrected chi connectivity index (χ4v) is 1.98. The van der Waals surface area contributed by atoms with Crippen molar-refractivity contribution in [2.45, 2.75) is 6.54 Å². The van der Waals surface area contributed by atoms with Crippen LogP contribution in [0.25, 0.3) is 0 Å². The highest BCUT2D eigenvalue weighted by Crippen LogP contribution is 2.23. The fourth-order valence-electron chi connectivity index (χ4n) is 1.53. The van der Waals surface area contributed by atoms with Crippen molar-refractivity contribution in [2.75, 3.05) is 5.32 Å². The van der Waals surface area contributed by atoms with Crippen molar-refractivity contribution in [1.82, 2.24) is 0 Å². The Morgan fingerprint density at radius 3 is 2.56 bits per heavy atom. The van der Waals surface area contributed by atoms with Crippen molar-refractivity contribution < 1.29 is 0 Å². The third-order valence-electron chi connectivity index (χ3n) is 2.49. The molecule has 0 aromatic heterocycles. The van der Waals surface area contributed by atoms with E-state index in [1.165, 1.54) is 0 Å². The van der Waals surface area contributed by atoms with Crippen molar-refractivity contribution >= 4 is 33.2 Å². The first-order valence-corrected chi connectivity index (χ1v) is 6.54. The van der Waals surface area contributed by atoms with E-state index in [1.54, 1.807) is 18.2 Å². The van der Waals surface area contributed by atoms with E-state index in [9.17, 15) is 0 Å². The lowest BCUT2D eigenvalue weighted by atomic mass is 10.2. The molecule has 0 aliphatic rings. The van der Waals surface area contributed by atoms with Crippen LogP contribution in [0.2, 0.25) is 5.02 Å². The number of benzene rings is 2. The predicted octanol–water partition coefficient (Wildman–Crippen LogP) is 4.59. The number of hydrogen-bond donors (Lipinski definition) is 1. The third-order valence-corrected chi connectivity index (χ3v) is 3.35. The molecule has 0 fully saturated rings. The number of nitrogens with one attached hydrogen (secondary N) is 1. The van der Waals surface area contributed by atoms with Crippen molar-refractivity contribution in [3.8, 4) is 6.07 Å². The van der Waals surface area contributed by atoms with Crippen LogP contribution in [0.4, 0.5) is 5.69 Å². The zero-order valence-corrected chi connectivity index (χ0v) is 11.8. The van der Waals surface area contributed by atoms with Gasteiger partial charge in [0.2, 0.25) is 0 Å². The normalized spacial score (nSPS) is 9.83. The Hall–Kier alpha value is -1.50. The maximum Gasteiger partial charge on any atom is 0.0992 e. The highest BCUT2D eigenvalue weighted by Gasteiger charge is 2.01. The second kappa shape index (κ2) is 5.90. The molecule has 2 aromatic rings. The molecule has 0 atom stereocenters. The van der Waals surface area contributed by atoms with Gasteiger partial charge in [-0.25, -0.2) is 0 Å². The topological polar surface area (TPSA) is 35.8 Å². The highest BCUT2D eigenvalue weighted by molar-refractivity contribution is 9.10. The Bertz CT molecular complexity index is 588. The number of nitrogens with zero attached hydrogens (tertiary/aromatic N) is 1. The molecule has 0 saturated carbocycles. The standard InChI is InChI=1S/C14H10BrClN2/c15-12-4-1-10(2-5-12)9-18-14-7-11(8-17)3-6-13(14)16/h1-7,18H,9H2. The van der Waals surface area contributed by atoms with Crippen molar-refractivity contribution in [1.29, 1.82) is 5.26 Å². The molecule has 90 valence electrons. The molecule has 2 aromatic carbocycles. The first kappa shape index (κ1) is 12.9. The van der Waals surface area contributed by atoms with Crippen LogP contribution >= 0.6 is 27.5 Å². The van der Waals surface area contributed by atoms with Crippen LogP contribution in [0.15, 0.2) is 46.9 Å². The molecule has 0 radical (unpaired) electrons. The summed E-state index contributed by atoms with van der Waals surface area (Å²) in [4.78, 5) is 0. The Morgan fingerprint density at radius 1 is 1.17 bits per heavy atom. The molecule has 0 aliphatic heterocycles. The predicted molar refractivity (Wildman–Crippen MR) is 77.6 cm³/mol. The fraction of sp³-hybridized carbons (Fsp3) is 0.0714. The number of halogens is 2. The first-order valence-electron chi connectivity index (χ1n) is 5.37. The summed E-state index contributed by atoms with van der Waals surface area (Å²) in [6.07, 6.45) is 0. The minimum atomic E-state index is 0.595. The maximum atomic E-state index is 8.84. The summed E-state index contributed by atoms with van der Waals surface area (Å²) >= 11 is 9.46. The average Bonchev–Trinajstić information content (AvgIpc) is 2.40. The minimum Gasteiger partial charge on any atom is -0.380 e. The van der Waals surface area contributed by atoms with E-state index >= 15 is 0 Å². The number of rotatable bonds is 3. The van der Waals surface area contributed by atoms with E-state index in [0.29, 0.717) is 17.1 Å². The zero-order valence-electron chi connectivity index (χ0n) is 9.45. The van der Waals surface area contributed by atoms with E-state index in [2.05, 4.69) is 27.3 Å². The Morgan fingerprint density at radius 2 is 1.89 bits per heavy atom. The average molecular weight is 322 g/mol. The highest BCUT2D eigenvalue weighted by atomic mass is 79.9. The van der Waals surface area contributed by atoms with Gasteiger partial charge in [0.15, 0.2) is 0 Å². The van der Waals surface area contributed by atoms with Gasteiger partial charge in [-0.15, -0.1) is 0 Å². The summed E-state index contributed by atoms with van der Waals surface area (Å²) < 4.78 is 1.05. The first-order chi connectivity index (χ1) is 8.69. The summed E-state index contributed by atoms with van der Waals surface area (Å²) in [6, 6.07) is 15.3. The second-order valence-corrected chi connectivity index (χ2v) is 5.11. The van der Waals surface area contributed by atoms with Gasteiger partial charge in [0.05, 0.1) is 22.3 Å². The molecule has 0 bridgehead atoms. The molecule has 2 rings (SSSR count). The van der Waals surface area contributed by atoms with Gasteiger partial charge in [0, 0.05) is 11.0 Å². The van der Waals surface area contributed by atoms with Crippen LogP contribution in [0.5, 0.6) is 0 Å². The van der Waals surface area contributed by atoms with Gasteiger partial charge in [0.25, 0.3) is 0 Å². The molecule has 0 saturated heterocycles. The van der Waals surface area contributed by atoms with Crippen LogP contribution in [-0.4, -0.2) is 0 Å². The number of nitriles is 1. The smallest absolute Gasteiger partial charge is 0.0992 e. The molecule has 1 N–H and O–H groups in total.